The monoisotopic (exact) mass is 494 g/mol. The van der Waals surface area contributed by atoms with E-state index in [4.69, 9.17) is 0 Å². The minimum Gasteiger partial charge on any atom is -0.478 e. The Balaban J connectivity index is 2.10. The van der Waals surface area contributed by atoms with Crippen LogP contribution in [0.4, 0.5) is 11.4 Å². The van der Waals surface area contributed by atoms with Gasteiger partial charge in [0.05, 0.1) is 21.8 Å². The average molecular weight is 495 g/mol. The molecule has 0 unspecified atom stereocenters. The van der Waals surface area contributed by atoms with Gasteiger partial charge in [-0.3, -0.25) is 20.4 Å². The Hall–Kier alpha value is -4.38. The number of carboxylic acid groups (broad SMARTS) is 1. The molecule has 0 saturated carbocycles. The van der Waals surface area contributed by atoms with Gasteiger partial charge in [0.25, 0.3) is 0 Å². The summed E-state index contributed by atoms with van der Waals surface area (Å²) in [5, 5.41) is 17.1. The van der Waals surface area contributed by atoms with Gasteiger partial charge in [0, 0.05) is 11.5 Å². The van der Waals surface area contributed by atoms with Crippen LogP contribution in [0.5, 0.6) is 0 Å². The van der Waals surface area contributed by atoms with Crippen molar-refractivity contribution in [3.05, 3.63) is 108 Å². The number of aromatic carboxylic acids is 1. The number of rotatable bonds is 7. The van der Waals surface area contributed by atoms with Crippen molar-refractivity contribution in [1.82, 2.24) is 0 Å². The van der Waals surface area contributed by atoms with Gasteiger partial charge >= 0.3 is 5.97 Å². The van der Waals surface area contributed by atoms with Crippen molar-refractivity contribution < 1.29 is 18.3 Å². The molecule has 0 aliphatic carbocycles. The summed E-state index contributed by atoms with van der Waals surface area (Å²) in [7, 11) is -3.64. The van der Waals surface area contributed by atoms with Crippen molar-refractivity contribution in [1.29, 1.82) is 0 Å². The molecular formula is C24H22N4O6S. The molecule has 0 saturated heterocycles. The van der Waals surface area contributed by atoms with Crippen LogP contribution in [0, 0.1) is 20.8 Å². The molecular weight excluding hydrogens is 472 g/mol. The molecule has 180 valence electrons. The van der Waals surface area contributed by atoms with Crippen molar-refractivity contribution in [3.63, 3.8) is 0 Å². The highest BCUT2D eigenvalue weighted by atomic mass is 32.2. The molecule has 0 fully saturated rings. The van der Waals surface area contributed by atoms with Gasteiger partial charge in [-0.05, 0) is 56.2 Å². The molecule has 10 nitrogen and oxygen atoms in total. The van der Waals surface area contributed by atoms with E-state index in [-0.39, 0.29) is 4.90 Å². The highest BCUT2D eigenvalue weighted by Crippen LogP contribution is 2.20. The number of carboxylic acids is 1. The summed E-state index contributed by atoms with van der Waals surface area (Å²) in [5.74, 6) is -1.49. The number of sulfone groups is 1. The zero-order chi connectivity index (χ0) is 25.9. The van der Waals surface area contributed by atoms with Crippen molar-refractivity contribution in [2.24, 2.45) is 10.2 Å². The van der Waals surface area contributed by atoms with Crippen molar-refractivity contribution in [2.75, 3.05) is 10.9 Å². The van der Waals surface area contributed by atoms with E-state index in [1.165, 1.54) is 18.2 Å². The molecule has 3 N–H and O–H groups in total. The smallest absolute Gasteiger partial charge is 0.338 e. The van der Waals surface area contributed by atoms with Crippen LogP contribution in [0.1, 0.15) is 27.0 Å². The van der Waals surface area contributed by atoms with Crippen LogP contribution >= 0.6 is 0 Å². The van der Waals surface area contributed by atoms with E-state index >= 15 is 0 Å². The van der Waals surface area contributed by atoms with Gasteiger partial charge in [0.1, 0.15) is 5.36 Å². The molecule has 0 aromatic heterocycles. The lowest BCUT2D eigenvalue weighted by Crippen LogP contribution is -2.50. The molecule has 0 aliphatic rings. The molecule has 3 aromatic rings. The van der Waals surface area contributed by atoms with Crippen LogP contribution in [0.25, 0.3) is 0 Å². The van der Waals surface area contributed by atoms with Crippen LogP contribution in [0.2, 0.25) is 0 Å². The second kappa shape index (κ2) is 9.85. The Kier molecular flexibility index (Phi) is 7.11. The Morgan fingerprint density at radius 3 is 2.03 bits per heavy atom. The molecule has 3 aromatic carbocycles. The fraction of sp³-hybridized carbons (Fsp3) is 0.125. The first-order valence-electron chi connectivity index (χ1n) is 10.2. The van der Waals surface area contributed by atoms with Gasteiger partial charge < -0.3 is 5.11 Å². The highest BCUT2D eigenvalue weighted by Gasteiger charge is 2.15. The molecule has 0 bridgehead atoms. The van der Waals surface area contributed by atoms with Gasteiger partial charge in [-0.2, -0.15) is 10.2 Å². The second-order valence-electron chi connectivity index (χ2n) is 7.71. The number of aryl methyl sites for hydroxylation is 3. The van der Waals surface area contributed by atoms with Crippen LogP contribution < -0.4 is 32.4 Å². The van der Waals surface area contributed by atoms with Gasteiger partial charge in [-0.15, -0.1) is 0 Å². The lowest BCUT2D eigenvalue weighted by atomic mass is 10.1. The molecule has 0 aliphatic heterocycles. The summed E-state index contributed by atoms with van der Waals surface area (Å²) in [4.78, 5) is 37.1. The van der Waals surface area contributed by atoms with E-state index in [2.05, 4.69) is 27.6 Å². The Bertz CT molecular complexity index is 1680. The van der Waals surface area contributed by atoms with E-state index in [1.807, 2.05) is 26.0 Å². The summed E-state index contributed by atoms with van der Waals surface area (Å²) < 4.78 is 23.9. The SMILES string of the molecule is C=CS(=O)(=O)c1ccc(N/N=c2\c(=O)cc(C(=O)O)/c(=N/Nc3ccc(C)cc3C)c2=O)c(C)c1. The third-order valence-electron chi connectivity index (χ3n) is 5.13. The Labute approximate surface area is 200 Å². The van der Waals surface area contributed by atoms with E-state index in [0.717, 1.165) is 22.6 Å². The lowest BCUT2D eigenvalue weighted by Gasteiger charge is -2.07. The number of benzene rings is 3. The fourth-order valence-electron chi connectivity index (χ4n) is 3.20. The number of anilines is 2. The molecule has 11 heteroatoms. The number of nitrogens with one attached hydrogen (secondary N) is 2. The molecule has 0 atom stereocenters. The van der Waals surface area contributed by atoms with Gasteiger partial charge in [-0.1, -0.05) is 24.3 Å². The number of carbonyl (C=O) groups is 1. The molecule has 0 radical (unpaired) electrons. The normalized spacial score (nSPS) is 12.4. The second-order valence-corrected chi connectivity index (χ2v) is 9.60. The zero-order valence-electron chi connectivity index (χ0n) is 19.1. The first-order chi connectivity index (χ1) is 16.4. The highest BCUT2D eigenvalue weighted by molar-refractivity contribution is 7.94. The summed E-state index contributed by atoms with van der Waals surface area (Å²) in [5.41, 5.74) is 5.99. The molecule has 35 heavy (non-hydrogen) atoms. The number of hydrogen-bond acceptors (Lipinski definition) is 9. The minimum atomic E-state index is -3.64. The van der Waals surface area contributed by atoms with Crippen LogP contribution in [-0.2, 0) is 9.84 Å². The maximum Gasteiger partial charge on any atom is 0.338 e. The summed E-state index contributed by atoms with van der Waals surface area (Å²) in [6, 6.07) is 10.3. The minimum absolute atomic E-state index is 0.0222. The maximum atomic E-state index is 13.0. The number of hydrogen-bond donors (Lipinski definition) is 3. The predicted octanol–water partition coefficient (Wildman–Crippen LogP) is 1.68. The summed E-state index contributed by atoms with van der Waals surface area (Å²) >= 11 is 0. The predicted molar refractivity (Wildman–Crippen MR) is 131 cm³/mol. The van der Waals surface area contributed by atoms with Crippen LogP contribution in [0.15, 0.2) is 79.1 Å². The first kappa shape index (κ1) is 25.2. The lowest BCUT2D eigenvalue weighted by molar-refractivity contribution is 0.0694. The van der Waals surface area contributed by atoms with E-state index in [0.29, 0.717) is 16.9 Å². The summed E-state index contributed by atoms with van der Waals surface area (Å²) in [6.07, 6.45) is 0. The quantitative estimate of drug-likeness (QED) is 0.419. The molecule has 0 spiro atoms. The van der Waals surface area contributed by atoms with E-state index in [9.17, 15) is 27.9 Å². The molecule has 0 amide bonds. The Morgan fingerprint density at radius 1 is 0.914 bits per heavy atom. The van der Waals surface area contributed by atoms with Crippen LogP contribution in [-0.4, -0.2) is 19.5 Å². The average Bonchev–Trinajstić information content (AvgIpc) is 2.79. The first-order valence-corrected chi connectivity index (χ1v) is 11.8. The van der Waals surface area contributed by atoms with Gasteiger partial charge in [0.2, 0.25) is 10.9 Å². The van der Waals surface area contributed by atoms with Gasteiger partial charge in [-0.25, -0.2) is 13.2 Å². The molecule has 3 rings (SSSR count). The van der Waals surface area contributed by atoms with Crippen molar-refractivity contribution in [2.45, 2.75) is 25.7 Å². The molecule has 0 heterocycles. The zero-order valence-corrected chi connectivity index (χ0v) is 19.9. The summed E-state index contributed by atoms with van der Waals surface area (Å²) in [6.45, 7) is 8.62. The largest absolute Gasteiger partial charge is 0.478 e. The van der Waals surface area contributed by atoms with E-state index in [1.54, 1.807) is 13.0 Å². The third kappa shape index (κ3) is 5.41. The van der Waals surface area contributed by atoms with Crippen molar-refractivity contribution in [3.8, 4) is 0 Å². The van der Waals surface area contributed by atoms with Gasteiger partial charge in [0.15, 0.2) is 15.2 Å². The van der Waals surface area contributed by atoms with Crippen molar-refractivity contribution >= 4 is 27.2 Å². The van der Waals surface area contributed by atoms with Crippen LogP contribution in [0.3, 0.4) is 0 Å². The Morgan fingerprint density at radius 2 is 1.49 bits per heavy atom. The number of nitrogens with zero attached hydrogens (tertiary/aromatic N) is 2. The maximum absolute atomic E-state index is 13.0. The van der Waals surface area contributed by atoms with E-state index < -0.39 is 42.9 Å². The topological polar surface area (TPSA) is 154 Å². The fourth-order valence-corrected chi connectivity index (χ4v) is 3.99. The standard InChI is InChI=1S/C24H22N4O6S/c1-5-35(33,34)16-7-9-19(15(4)11-16)26-28-22-20(29)12-17(24(31)32)21(23(22)30)27-25-18-8-6-13(2)10-14(18)3/h5-12,25-26H,1H2,2-4H3,(H,31,32)/b27-21-,28-22+. The third-order valence-corrected chi connectivity index (χ3v) is 6.48.